The Morgan fingerprint density at radius 1 is 1.24 bits per heavy atom. The lowest BCUT2D eigenvalue weighted by atomic mass is 10.1. The van der Waals surface area contributed by atoms with Crippen molar-refractivity contribution in [2.45, 2.75) is 12.8 Å². The Morgan fingerprint density at radius 2 is 2.05 bits per heavy atom. The second-order valence-electron chi connectivity index (χ2n) is 4.41. The molecule has 1 heterocycles. The highest BCUT2D eigenvalue weighted by Gasteiger charge is 2.05. The van der Waals surface area contributed by atoms with Crippen molar-refractivity contribution in [3.05, 3.63) is 60.1 Å². The quantitative estimate of drug-likeness (QED) is 0.716. The van der Waals surface area contributed by atoms with Crippen LogP contribution in [0.2, 0.25) is 0 Å². The highest BCUT2D eigenvalue weighted by molar-refractivity contribution is 5.63. The first kappa shape index (κ1) is 15.0. The standard InChI is InChI=1S/C16H13F3N2/c1-20-15-8-6-12(9-13(15)17)14-7-5-11(10-21-14)3-2-4-16(18)19/h4-10H,1-3H2. The second kappa shape index (κ2) is 6.83. The lowest BCUT2D eigenvalue weighted by Gasteiger charge is -2.04. The molecule has 0 saturated heterocycles. The number of aryl methyl sites for hydroxylation is 1. The molecular weight excluding hydrogens is 277 g/mol. The maximum Gasteiger partial charge on any atom is 0.266 e. The number of pyridine rings is 1. The van der Waals surface area contributed by atoms with Gasteiger partial charge in [0.05, 0.1) is 11.4 Å². The van der Waals surface area contributed by atoms with Gasteiger partial charge >= 0.3 is 0 Å². The zero-order valence-corrected chi connectivity index (χ0v) is 11.2. The molecule has 0 atom stereocenters. The minimum absolute atomic E-state index is 0.190. The van der Waals surface area contributed by atoms with Gasteiger partial charge in [-0.3, -0.25) is 9.98 Å². The second-order valence-corrected chi connectivity index (χ2v) is 4.41. The summed E-state index contributed by atoms with van der Waals surface area (Å²) >= 11 is 0. The van der Waals surface area contributed by atoms with Crippen molar-refractivity contribution in [2.24, 2.45) is 4.99 Å². The third-order valence-corrected chi connectivity index (χ3v) is 2.97. The van der Waals surface area contributed by atoms with E-state index in [4.69, 9.17) is 0 Å². The fourth-order valence-corrected chi connectivity index (χ4v) is 1.89. The predicted octanol–water partition coefficient (Wildman–Crippen LogP) is 4.93. The van der Waals surface area contributed by atoms with Crippen LogP contribution in [0.25, 0.3) is 11.3 Å². The van der Waals surface area contributed by atoms with Gasteiger partial charge in [0, 0.05) is 11.8 Å². The zero-order chi connectivity index (χ0) is 15.2. The average molecular weight is 290 g/mol. The average Bonchev–Trinajstić information content (AvgIpc) is 2.47. The Morgan fingerprint density at radius 3 is 2.62 bits per heavy atom. The molecule has 2 rings (SSSR count). The van der Waals surface area contributed by atoms with E-state index in [1.165, 1.54) is 12.1 Å². The molecule has 21 heavy (non-hydrogen) atoms. The van der Waals surface area contributed by atoms with Gasteiger partial charge in [-0.1, -0.05) is 12.1 Å². The van der Waals surface area contributed by atoms with E-state index in [9.17, 15) is 13.2 Å². The van der Waals surface area contributed by atoms with E-state index in [0.29, 0.717) is 17.7 Å². The van der Waals surface area contributed by atoms with E-state index < -0.39 is 11.9 Å². The Bertz CT molecular complexity index is 660. The monoisotopic (exact) mass is 290 g/mol. The Balaban J connectivity index is 2.13. The van der Waals surface area contributed by atoms with Gasteiger partial charge in [-0.25, -0.2) is 4.39 Å². The van der Waals surface area contributed by atoms with Crippen molar-refractivity contribution in [1.82, 2.24) is 4.98 Å². The summed E-state index contributed by atoms with van der Waals surface area (Å²) in [6.45, 7) is 3.28. The number of aromatic nitrogens is 1. The minimum Gasteiger partial charge on any atom is -0.262 e. The van der Waals surface area contributed by atoms with Crippen LogP contribution >= 0.6 is 0 Å². The molecular formula is C16H13F3N2. The number of hydrogen-bond donors (Lipinski definition) is 0. The lowest BCUT2D eigenvalue weighted by molar-refractivity contribution is 0.417. The molecule has 1 aromatic carbocycles. The summed E-state index contributed by atoms with van der Waals surface area (Å²) in [7, 11) is 0. The first-order valence-electron chi connectivity index (χ1n) is 6.33. The van der Waals surface area contributed by atoms with Gasteiger partial charge in [0.1, 0.15) is 5.82 Å². The van der Waals surface area contributed by atoms with Crippen molar-refractivity contribution in [3.8, 4) is 11.3 Å². The maximum atomic E-state index is 13.6. The summed E-state index contributed by atoms with van der Waals surface area (Å²) < 4.78 is 37.5. The molecule has 0 aliphatic heterocycles. The summed E-state index contributed by atoms with van der Waals surface area (Å²) in [5, 5.41) is 0. The number of rotatable bonds is 5. The van der Waals surface area contributed by atoms with Gasteiger partial charge in [-0.15, -0.1) is 0 Å². The highest BCUT2D eigenvalue weighted by atomic mass is 19.3. The van der Waals surface area contributed by atoms with Crippen LogP contribution in [0.5, 0.6) is 0 Å². The number of allylic oxidation sites excluding steroid dienone is 1. The van der Waals surface area contributed by atoms with Crippen molar-refractivity contribution >= 4 is 12.4 Å². The smallest absolute Gasteiger partial charge is 0.262 e. The van der Waals surface area contributed by atoms with E-state index in [2.05, 4.69) is 16.7 Å². The van der Waals surface area contributed by atoms with E-state index in [-0.39, 0.29) is 12.1 Å². The lowest BCUT2D eigenvalue weighted by Crippen LogP contribution is -1.89. The molecule has 0 saturated carbocycles. The van der Waals surface area contributed by atoms with Gasteiger partial charge in [-0.2, -0.15) is 8.78 Å². The van der Waals surface area contributed by atoms with E-state index >= 15 is 0 Å². The van der Waals surface area contributed by atoms with Crippen molar-refractivity contribution in [2.75, 3.05) is 0 Å². The highest BCUT2D eigenvalue weighted by Crippen LogP contribution is 2.24. The number of nitrogens with zero attached hydrogens (tertiary/aromatic N) is 2. The van der Waals surface area contributed by atoms with E-state index in [0.717, 1.165) is 11.6 Å². The fourth-order valence-electron chi connectivity index (χ4n) is 1.89. The van der Waals surface area contributed by atoms with Crippen molar-refractivity contribution in [3.63, 3.8) is 0 Å². The van der Waals surface area contributed by atoms with Crippen LogP contribution in [-0.4, -0.2) is 11.7 Å². The molecule has 1 aromatic heterocycles. The predicted molar refractivity (Wildman–Crippen MR) is 77.5 cm³/mol. The Kier molecular flexibility index (Phi) is 4.87. The van der Waals surface area contributed by atoms with Gasteiger partial charge < -0.3 is 0 Å². The van der Waals surface area contributed by atoms with Crippen LogP contribution in [0.1, 0.15) is 12.0 Å². The Hall–Kier alpha value is -2.43. The summed E-state index contributed by atoms with van der Waals surface area (Å²) in [6, 6.07) is 8.11. The topological polar surface area (TPSA) is 25.2 Å². The van der Waals surface area contributed by atoms with Gasteiger partial charge in [-0.05, 0) is 49.4 Å². The van der Waals surface area contributed by atoms with E-state index in [1.807, 2.05) is 0 Å². The molecule has 0 spiro atoms. The molecule has 2 nitrogen and oxygen atoms in total. The van der Waals surface area contributed by atoms with Gasteiger partial charge in [0.2, 0.25) is 0 Å². The molecule has 0 aliphatic carbocycles. The van der Waals surface area contributed by atoms with Crippen LogP contribution in [0.4, 0.5) is 18.9 Å². The number of halogens is 3. The molecule has 0 amide bonds. The molecule has 5 heteroatoms. The van der Waals surface area contributed by atoms with Crippen LogP contribution in [0.3, 0.4) is 0 Å². The molecule has 108 valence electrons. The van der Waals surface area contributed by atoms with Crippen LogP contribution < -0.4 is 0 Å². The number of aliphatic imine (C=N–C) groups is 1. The minimum atomic E-state index is -1.68. The van der Waals surface area contributed by atoms with Crippen molar-refractivity contribution < 1.29 is 13.2 Å². The summed E-state index contributed by atoms with van der Waals surface area (Å²) in [6.07, 6.45) is 1.56. The third kappa shape index (κ3) is 4.02. The van der Waals surface area contributed by atoms with Crippen LogP contribution in [0, 0.1) is 5.82 Å². The molecule has 0 radical (unpaired) electrons. The largest absolute Gasteiger partial charge is 0.266 e. The summed E-state index contributed by atoms with van der Waals surface area (Å²) in [4.78, 5) is 7.78. The first-order valence-corrected chi connectivity index (χ1v) is 6.33. The molecule has 0 aliphatic rings. The Labute approximate surface area is 120 Å². The van der Waals surface area contributed by atoms with Gasteiger partial charge in [0.15, 0.2) is 0 Å². The van der Waals surface area contributed by atoms with Crippen LogP contribution in [-0.2, 0) is 6.42 Å². The fraction of sp³-hybridized carbons (Fsp3) is 0.125. The van der Waals surface area contributed by atoms with Gasteiger partial charge in [0.25, 0.3) is 6.08 Å². The number of benzene rings is 1. The molecule has 0 bridgehead atoms. The first-order chi connectivity index (χ1) is 10.1. The van der Waals surface area contributed by atoms with Crippen LogP contribution in [0.15, 0.2) is 53.7 Å². The molecule has 0 unspecified atom stereocenters. The van der Waals surface area contributed by atoms with Crippen molar-refractivity contribution in [1.29, 1.82) is 0 Å². The molecule has 0 fully saturated rings. The maximum absolute atomic E-state index is 13.6. The molecule has 0 N–H and O–H groups in total. The zero-order valence-electron chi connectivity index (χ0n) is 11.2. The molecule has 2 aromatic rings. The summed E-state index contributed by atoms with van der Waals surface area (Å²) in [5.74, 6) is -0.461. The number of hydrogen-bond acceptors (Lipinski definition) is 2. The summed E-state index contributed by atoms with van der Waals surface area (Å²) in [5.41, 5.74) is 2.28. The third-order valence-electron chi connectivity index (χ3n) is 2.97. The van der Waals surface area contributed by atoms with E-state index in [1.54, 1.807) is 24.4 Å². The SMILES string of the molecule is C=Nc1ccc(-c2ccc(CCC=C(F)F)cn2)cc1F. The normalized spacial score (nSPS) is 10.2.